The molecule has 5 heteroatoms. The fourth-order valence-electron chi connectivity index (χ4n) is 1.67. The number of nitro groups is 1. The SMILES string of the molecule is O=[N+]([O-])c1ccc([C@H](O)c2ccccc2)c(Br)c1. The van der Waals surface area contributed by atoms with Crippen LogP contribution in [0.15, 0.2) is 53.0 Å². The van der Waals surface area contributed by atoms with Gasteiger partial charge in [0.1, 0.15) is 6.10 Å². The van der Waals surface area contributed by atoms with Crippen LogP contribution in [-0.2, 0) is 0 Å². The summed E-state index contributed by atoms with van der Waals surface area (Å²) in [5, 5.41) is 20.8. The van der Waals surface area contributed by atoms with Crippen molar-refractivity contribution in [1.29, 1.82) is 0 Å². The van der Waals surface area contributed by atoms with Gasteiger partial charge in [-0.25, -0.2) is 0 Å². The van der Waals surface area contributed by atoms with Crippen molar-refractivity contribution in [1.82, 2.24) is 0 Å². The van der Waals surface area contributed by atoms with E-state index in [0.29, 0.717) is 10.0 Å². The third kappa shape index (κ3) is 2.57. The van der Waals surface area contributed by atoms with Gasteiger partial charge in [-0.2, -0.15) is 0 Å². The summed E-state index contributed by atoms with van der Waals surface area (Å²) in [6.45, 7) is 0. The third-order valence-electron chi connectivity index (χ3n) is 2.60. The zero-order valence-electron chi connectivity index (χ0n) is 9.29. The van der Waals surface area contributed by atoms with Crippen molar-refractivity contribution in [3.8, 4) is 0 Å². The van der Waals surface area contributed by atoms with Gasteiger partial charge in [-0.3, -0.25) is 10.1 Å². The van der Waals surface area contributed by atoms with Crippen molar-refractivity contribution in [3.63, 3.8) is 0 Å². The van der Waals surface area contributed by atoms with Crippen molar-refractivity contribution in [2.75, 3.05) is 0 Å². The van der Waals surface area contributed by atoms with Crippen LogP contribution in [0, 0.1) is 10.1 Å². The maximum atomic E-state index is 10.6. The minimum atomic E-state index is -0.804. The zero-order chi connectivity index (χ0) is 13.1. The number of nitrogens with zero attached hydrogens (tertiary/aromatic N) is 1. The zero-order valence-corrected chi connectivity index (χ0v) is 10.9. The van der Waals surface area contributed by atoms with E-state index in [4.69, 9.17) is 0 Å². The molecule has 0 bridgehead atoms. The number of rotatable bonds is 3. The number of hydrogen-bond donors (Lipinski definition) is 1. The molecule has 0 aliphatic carbocycles. The lowest BCUT2D eigenvalue weighted by atomic mass is 10.0. The first kappa shape index (κ1) is 12.7. The van der Waals surface area contributed by atoms with Gasteiger partial charge in [-0.1, -0.05) is 46.3 Å². The average Bonchev–Trinajstić information content (AvgIpc) is 2.38. The van der Waals surface area contributed by atoms with E-state index in [9.17, 15) is 15.2 Å². The van der Waals surface area contributed by atoms with E-state index < -0.39 is 11.0 Å². The van der Waals surface area contributed by atoms with Crippen LogP contribution in [0.25, 0.3) is 0 Å². The van der Waals surface area contributed by atoms with Crippen molar-refractivity contribution < 1.29 is 10.0 Å². The summed E-state index contributed by atoms with van der Waals surface area (Å²) in [6, 6.07) is 13.5. The molecule has 0 saturated carbocycles. The lowest BCUT2D eigenvalue weighted by molar-refractivity contribution is -0.384. The van der Waals surface area contributed by atoms with E-state index in [1.54, 1.807) is 18.2 Å². The number of benzene rings is 2. The predicted octanol–water partition coefficient (Wildman–Crippen LogP) is 3.44. The maximum absolute atomic E-state index is 10.6. The van der Waals surface area contributed by atoms with Gasteiger partial charge in [0.25, 0.3) is 5.69 Å². The fourth-order valence-corrected chi connectivity index (χ4v) is 2.25. The molecule has 0 radical (unpaired) electrons. The van der Waals surface area contributed by atoms with Crippen LogP contribution in [0.5, 0.6) is 0 Å². The number of nitro benzene ring substituents is 1. The molecule has 18 heavy (non-hydrogen) atoms. The van der Waals surface area contributed by atoms with Crippen LogP contribution in [0.4, 0.5) is 5.69 Å². The van der Waals surface area contributed by atoms with Gasteiger partial charge in [0.05, 0.1) is 4.92 Å². The van der Waals surface area contributed by atoms with E-state index in [1.165, 1.54) is 12.1 Å². The van der Waals surface area contributed by atoms with Crippen LogP contribution in [0.3, 0.4) is 0 Å². The highest BCUT2D eigenvalue weighted by Crippen LogP contribution is 2.31. The van der Waals surface area contributed by atoms with Crippen LogP contribution < -0.4 is 0 Å². The van der Waals surface area contributed by atoms with Gasteiger partial charge >= 0.3 is 0 Å². The second-order valence-corrected chi connectivity index (χ2v) is 4.63. The highest BCUT2D eigenvalue weighted by molar-refractivity contribution is 9.10. The van der Waals surface area contributed by atoms with E-state index >= 15 is 0 Å². The average molecular weight is 308 g/mol. The molecule has 4 nitrogen and oxygen atoms in total. The molecule has 0 amide bonds. The molecule has 1 N–H and O–H groups in total. The van der Waals surface area contributed by atoms with Crippen molar-refractivity contribution in [3.05, 3.63) is 74.2 Å². The summed E-state index contributed by atoms with van der Waals surface area (Å²) in [7, 11) is 0. The molecule has 0 aliphatic heterocycles. The van der Waals surface area contributed by atoms with Gasteiger partial charge in [0, 0.05) is 16.6 Å². The minimum Gasteiger partial charge on any atom is -0.384 e. The molecule has 0 heterocycles. The van der Waals surface area contributed by atoms with Gasteiger partial charge in [-0.05, 0) is 17.2 Å². The Morgan fingerprint density at radius 3 is 2.39 bits per heavy atom. The van der Waals surface area contributed by atoms with Gasteiger partial charge in [0.2, 0.25) is 0 Å². The molecule has 2 aromatic rings. The van der Waals surface area contributed by atoms with Crippen LogP contribution >= 0.6 is 15.9 Å². The monoisotopic (exact) mass is 307 g/mol. The van der Waals surface area contributed by atoms with Crippen molar-refractivity contribution >= 4 is 21.6 Å². The van der Waals surface area contributed by atoms with E-state index in [0.717, 1.165) is 5.56 Å². The third-order valence-corrected chi connectivity index (χ3v) is 3.29. The number of aliphatic hydroxyl groups excluding tert-OH is 1. The number of hydrogen-bond acceptors (Lipinski definition) is 3. The highest BCUT2D eigenvalue weighted by atomic mass is 79.9. The predicted molar refractivity (Wildman–Crippen MR) is 71.3 cm³/mol. The summed E-state index contributed by atoms with van der Waals surface area (Å²) in [6.07, 6.45) is -0.804. The Balaban J connectivity index is 2.37. The number of aliphatic hydroxyl groups is 1. The molecule has 0 fully saturated rings. The molecule has 0 aromatic heterocycles. The Bertz CT molecular complexity index is 572. The molecule has 0 saturated heterocycles. The first-order chi connectivity index (χ1) is 8.59. The summed E-state index contributed by atoms with van der Waals surface area (Å²) in [4.78, 5) is 10.2. The number of non-ortho nitro benzene ring substituents is 1. The van der Waals surface area contributed by atoms with Crippen LogP contribution in [0.2, 0.25) is 0 Å². The molecular formula is C13H10BrNO3. The Morgan fingerprint density at radius 2 is 1.83 bits per heavy atom. The molecular weight excluding hydrogens is 298 g/mol. The first-order valence-electron chi connectivity index (χ1n) is 5.26. The second-order valence-electron chi connectivity index (χ2n) is 3.78. The Kier molecular flexibility index (Phi) is 3.74. The maximum Gasteiger partial charge on any atom is 0.270 e. The van der Waals surface area contributed by atoms with E-state index in [2.05, 4.69) is 15.9 Å². The Morgan fingerprint density at radius 1 is 1.17 bits per heavy atom. The van der Waals surface area contributed by atoms with Gasteiger partial charge in [-0.15, -0.1) is 0 Å². The topological polar surface area (TPSA) is 63.4 Å². The number of halogens is 1. The first-order valence-corrected chi connectivity index (χ1v) is 6.06. The Labute approximate surface area is 112 Å². The molecule has 0 spiro atoms. The molecule has 0 unspecified atom stereocenters. The molecule has 1 atom stereocenters. The summed E-state index contributed by atoms with van der Waals surface area (Å²) in [5.74, 6) is 0. The summed E-state index contributed by atoms with van der Waals surface area (Å²) in [5.41, 5.74) is 1.34. The Hall–Kier alpha value is -1.72. The normalized spacial score (nSPS) is 12.1. The molecule has 2 aromatic carbocycles. The van der Waals surface area contributed by atoms with Crippen molar-refractivity contribution in [2.24, 2.45) is 0 Å². The molecule has 2 rings (SSSR count). The van der Waals surface area contributed by atoms with E-state index in [-0.39, 0.29) is 5.69 Å². The largest absolute Gasteiger partial charge is 0.384 e. The second kappa shape index (κ2) is 5.29. The fraction of sp³-hybridized carbons (Fsp3) is 0.0769. The molecule has 92 valence electrons. The quantitative estimate of drug-likeness (QED) is 0.698. The van der Waals surface area contributed by atoms with Gasteiger partial charge in [0.15, 0.2) is 0 Å². The highest BCUT2D eigenvalue weighted by Gasteiger charge is 2.16. The lowest BCUT2D eigenvalue weighted by Gasteiger charge is -2.12. The van der Waals surface area contributed by atoms with E-state index in [1.807, 2.05) is 18.2 Å². The van der Waals surface area contributed by atoms with Crippen molar-refractivity contribution in [2.45, 2.75) is 6.10 Å². The minimum absolute atomic E-state index is 0.00844. The van der Waals surface area contributed by atoms with Gasteiger partial charge < -0.3 is 5.11 Å². The van der Waals surface area contributed by atoms with Crippen LogP contribution in [0.1, 0.15) is 17.2 Å². The lowest BCUT2D eigenvalue weighted by Crippen LogP contribution is -2.01. The van der Waals surface area contributed by atoms with Crippen LogP contribution in [-0.4, -0.2) is 10.0 Å². The summed E-state index contributed by atoms with van der Waals surface area (Å²) >= 11 is 3.25. The standard InChI is InChI=1S/C13H10BrNO3/c14-12-8-10(15(17)18)6-7-11(12)13(16)9-4-2-1-3-5-9/h1-8,13,16H/t13-/m1/s1. The molecule has 0 aliphatic rings. The smallest absolute Gasteiger partial charge is 0.270 e. The summed E-state index contributed by atoms with van der Waals surface area (Å²) < 4.78 is 0.521.